The van der Waals surface area contributed by atoms with E-state index in [-0.39, 0.29) is 32.0 Å². The number of carbonyl (C=O) groups is 2. The molecule has 0 aliphatic rings. The SMILES string of the molecule is CC/C=C\C/C=C\C/C=C\C/C=C\C/C=C\C/C=C\C/C=C\C/C=C\C/C=C\CCCCCCCCCCCCCC(=O)OC(COC(=O)CCCCCCCCCCCCCCCCCCCCCCCCC)COP(=O)(O)OCC[N+](C)(C)C. The van der Waals surface area contributed by atoms with Crippen LogP contribution >= 0.6 is 7.82 Å². The zero-order valence-electron chi connectivity index (χ0n) is 56.5. The Balaban J connectivity index is 4.06. The van der Waals surface area contributed by atoms with Gasteiger partial charge in [0.2, 0.25) is 0 Å². The number of likely N-dealkylation sites (N-methyl/N-ethyl adjacent to an activating group) is 1. The summed E-state index contributed by atoms with van der Waals surface area (Å²) >= 11 is 0. The average Bonchev–Trinajstić information content (AvgIpc) is 3.56. The van der Waals surface area contributed by atoms with E-state index in [0.717, 1.165) is 103 Å². The first kappa shape index (κ1) is 82.7. The fraction of sp³-hybridized carbons (Fsp3) is 0.737. The summed E-state index contributed by atoms with van der Waals surface area (Å²) in [6, 6.07) is 0. The third kappa shape index (κ3) is 69.8. The van der Waals surface area contributed by atoms with E-state index in [1.807, 2.05) is 21.1 Å². The number of allylic oxidation sites excluding steroid dienone is 18. The first-order valence-electron chi connectivity index (χ1n) is 35.6. The highest BCUT2D eigenvalue weighted by molar-refractivity contribution is 7.47. The van der Waals surface area contributed by atoms with E-state index in [2.05, 4.69) is 123 Å². The topological polar surface area (TPSA) is 108 Å². The van der Waals surface area contributed by atoms with Crippen LogP contribution in [0.25, 0.3) is 0 Å². The largest absolute Gasteiger partial charge is 0.472 e. The van der Waals surface area contributed by atoms with Crippen LogP contribution in [0.3, 0.4) is 0 Å². The molecule has 0 radical (unpaired) electrons. The molecular formula is C76H135NO8P+. The summed E-state index contributed by atoms with van der Waals surface area (Å²) < 4.78 is 34.7. The molecule has 0 aromatic heterocycles. The van der Waals surface area contributed by atoms with Gasteiger partial charge in [-0.1, -0.05) is 322 Å². The van der Waals surface area contributed by atoms with Gasteiger partial charge < -0.3 is 18.9 Å². The van der Waals surface area contributed by atoms with Gasteiger partial charge in [-0.2, -0.15) is 0 Å². The van der Waals surface area contributed by atoms with E-state index in [1.165, 1.54) is 173 Å². The molecule has 0 saturated heterocycles. The van der Waals surface area contributed by atoms with Crippen LogP contribution in [-0.4, -0.2) is 74.9 Å². The maximum atomic E-state index is 12.9. The normalized spacial score (nSPS) is 13.8. The number of unbranched alkanes of at least 4 members (excludes halogenated alkanes) is 33. The first-order chi connectivity index (χ1) is 42.0. The quantitative estimate of drug-likeness (QED) is 0.0211. The van der Waals surface area contributed by atoms with Crippen LogP contribution < -0.4 is 0 Å². The molecule has 0 aliphatic carbocycles. The monoisotopic (exact) mass is 1220 g/mol. The van der Waals surface area contributed by atoms with Crippen LogP contribution in [0.4, 0.5) is 0 Å². The zero-order valence-corrected chi connectivity index (χ0v) is 57.4. The van der Waals surface area contributed by atoms with E-state index < -0.39 is 26.5 Å². The van der Waals surface area contributed by atoms with Crippen molar-refractivity contribution < 1.29 is 42.1 Å². The summed E-state index contributed by atoms with van der Waals surface area (Å²) in [6.45, 7) is 4.35. The van der Waals surface area contributed by atoms with Crippen molar-refractivity contribution >= 4 is 19.8 Å². The van der Waals surface area contributed by atoms with Crippen LogP contribution in [0.5, 0.6) is 0 Å². The van der Waals surface area contributed by atoms with Crippen molar-refractivity contribution in [3.8, 4) is 0 Å². The fourth-order valence-electron chi connectivity index (χ4n) is 9.89. The number of quaternary nitrogens is 1. The number of ether oxygens (including phenoxy) is 2. The molecule has 0 spiro atoms. The Kier molecular flexibility index (Phi) is 63.5. The molecule has 2 atom stereocenters. The summed E-state index contributed by atoms with van der Waals surface area (Å²) in [4.78, 5) is 35.9. The van der Waals surface area contributed by atoms with Crippen molar-refractivity contribution in [2.45, 2.75) is 315 Å². The third-order valence-corrected chi connectivity index (χ3v) is 16.3. The predicted octanol–water partition coefficient (Wildman–Crippen LogP) is 23.3. The van der Waals surface area contributed by atoms with Gasteiger partial charge >= 0.3 is 19.8 Å². The van der Waals surface area contributed by atoms with Crippen molar-refractivity contribution in [3.63, 3.8) is 0 Å². The Hall–Kier alpha value is -3.33. The molecule has 86 heavy (non-hydrogen) atoms. The molecule has 2 unspecified atom stereocenters. The van der Waals surface area contributed by atoms with E-state index >= 15 is 0 Å². The molecule has 0 heterocycles. The number of rotatable bonds is 65. The standard InChI is InChI=1S/C76H134NO8P/c1-6-8-10-12-14-16-18-20-22-24-26-28-30-31-32-33-34-35-36-37-38-39-40-41-42-43-44-45-47-49-51-53-55-57-59-61-63-65-67-69-76(79)85-74(73-84-86(80,81)83-71-70-77(3,4)5)72-82-75(78)68-66-64-62-60-58-56-54-52-50-48-46-29-27-25-23-21-19-17-15-13-11-9-7-2/h8,10,14,16,20,22,26,28,31-32,34-35,37-38,40-41,43-44,74H,6-7,9,11-13,15,17-19,21,23-25,27,29-30,33,36,39,42,45-73H2,1-5H3/p+1/b10-8-,16-14-,22-20-,28-26-,32-31-,35-34-,38-37-,41-40-,44-43-. The van der Waals surface area contributed by atoms with Gasteiger partial charge in [0, 0.05) is 12.8 Å². The van der Waals surface area contributed by atoms with Crippen LogP contribution in [0.15, 0.2) is 109 Å². The van der Waals surface area contributed by atoms with Gasteiger partial charge in [-0.3, -0.25) is 18.6 Å². The average molecular weight is 1220 g/mol. The molecule has 0 rings (SSSR count). The lowest BCUT2D eigenvalue weighted by atomic mass is 10.0. The van der Waals surface area contributed by atoms with E-state index in [0.29, 0.717) is 17.4 Å². The van der Waals surface area contributed by atoms with Crippen molar-refractivity contribution in [2.24, 2.45) is 0 Å². The summed E-state index contributed by atoms with van der Waals surface area (Å²) in [5.41, 5.74) is 0. The molecule has 0 aromatic rings. The molecule has 0 aromatic carbocycles. The molecule has 0 saturated carbocycles. The third-order valence-electron chi connectivity index (χ3n) is 15.3. The minimum Gasteiger partial charge on any atom is -0.462 e. The molecular weight excluding hydrogens is 1090 g/mol. The maximum absolute atomic E-state index is 12.9. The van der Waals surface area contributed by atoms with E-state index in [4.69, 9.17) is 18.5 Å². The zero-order chi connectivity index (χ0) is 62.6. The Morgan fingerprint density at radius 3 is 0.988 bits per heavy atom. The molecule has 0 aliphatic heterocycles. The second kappa shape index (κ2) is 66.1. The van der Waals surface area contributed by atoms with Gasteiger partial charge in [0.1, 0.15) is 19.8 Å². The number of phosphoric acid groups is 1. The van der Waals surface area contributed by atoms with Gasteiger partial charge in [0.15, 0.2) is 6.10 Å². The predicted molar refractivity (Wildman–Crippen MR) is 371 cm³/mol. The van der Waals surface area contributed by atoms with Crippen LogP contribution in [0, 0.1) is 0 Å². The lowest BCUT2D eigenvalue weighted by molar-refractivity contribution is -0.870. The Morgan fingerprint density at radius 2 is 0.663 bits per heavy atom. The van der Waals surface area contributed by atoms with Gasteiger partial charge in [0.25, 0.3) is 0 Å². The fourth-order valence-corrected chi connectivity index (χ4v) is 10.6. The number of hydrogen-bond acceptors (Lipinski definition) is 7. The molecule has 0 amide bonds. The second-order valence-electron chi connectivity index (χ2n) is 24.9. The first-order valence-corrected chi connectivity index (χ1v) is 37.1. The maximum Gasteiger partial charge on any atom is 0.472 e. The van der Waals surface area contributed by atoms with Crippen LogP contribution in [-0.2, 0) is 32.7 Å². The van der Waals surface area contributed by atoms with Gasteiger partial charge in [-0.25, -0.2) is 4.57 Å². The Morgan fingerprint density at radius 1 is 0.372 bits per heavy atom. The van der Waals surface area contributed by atoms with Gasteiger partial charge in [0.05, 0.1) is 27.7 Å². The molecule has 496 valence electrons. The van der Waals surface area contributed by atoms with Gasteiger partial charge in [-0.15, -0.1) is 0 Å². The minimum absolute atomic E-state index is 0.0289. The van der Waals surface area contributed by atoms with Gasteiger partial charge in [-0.05, 0) is 83.5 Å². The summed E-state index contributed by atoms with van der Waals surface area (Å²) in [6.07, 6.45) is 93.3. The summed E-state index contributed by atoms with van der Waals surface area (Å²) in [5, 5.41) is 0. The lowest BCUT2D eigenvalue weighted by Gasteiger charge is -2.24. The second-order valence-corrected chi connectivity index (χ2v) is 26.4. The van der Waals surface area contributed by atoms with E-state index in [1.54, 1.807) is 0 Å². The smallest absolute Gasteiger partial charge is 0.462 e. The van der Waals surface area contributed by atoms with Crippen molar-refractivity contribution in [1.82, 2.24) is 0 Å². The molecule has 9 nitrogen and oxygen atoms in total. The van der Waals surface area contributed by atoms with Crippen molar-refractivity contribution in [2.75, 3.05) is 47.5 Å². The highest BCUT2D eigenvalue weighted by Gasteiger charge is 2.27. The number of phosphoric ester groups is 1. The summed E-state index contributed by atoms with van der Waals surface area (Å²) in [5.74, 6) is -0.792. The number of nitrogens with zero attached hydrogens (tertiary/aromatic N) is 1. The minimum atomic E-state index is -4.40. The number of esters is 2. The Labute approximate surface area is 531 Å². The summed E-state index contributed by atoms with van der Waals surface area (Å²) in [7, 11) is 1.48. The molecule has 1 N–H and O–H groups in total. The van der Waals surface area contributed by atoms with Crippen molar-refractivity contribution in [1.29, 1.82) is 0 Å². The Bertz CT molecular complexity index is 1820. The van der Waals surface area contributed by atoms with Crippen molar-refractivity contribution in [3.05, 3.63) is 109 Å². The van der Waals surface area contributed by atoms with Crippen LogP contribution in [0.1, 0.15) is 309 Å². The molecule has 0 bridgehead atoms. The number of hydrogen-bond donors (Lipinski definition) is 1. The van der Waals surface area contributed by atoms with Crippen LogP contribution in [0.2, 0.25) is 0 Å². The highest BCUT2D eigenvalue weighted by Crippen LogP contribution is 2.43. The lowest BCUT2D eigenvalue weighted by Crippen LogP contribution is -2.37. The number of carbonyl (C=O) groups excluding carboxylic acids is 2. The molecule has 0 fully saturated rings. The van der Waals surface area contributed by atoms with E-state index in [9.17, 15) is 19.0 Å². The molecule has 10 heteroatoms. The highest BCUT2D eigenvalue weighted by atomic mass is 31.2.